The highest BCUT2D eigenvalue weighted by molar-refractivity contribution is 7.89. The summed E-state index contributed by atoms with van der Waals surface area (Å²) in [6.07, 6.45) is 0. The average Bonchev–Trinajstić information content (AvgIpc) is 2.57. The van der Waals surface area contributed by atoms with Crippen LogP contribution in [0.15, 0.2) is 41.3 Å². The van der Waals surface area contributed by atoms with Crippen molar-refractivity contribution in [3.8, 4) is 5.75 Å². The third kappa shape index (κ3) is 4.36. The van der Waals surface area contributed by atoms with Gasteiger partial charge >= 0.3 is 0 Å². The zero-order valence-corrected chi connectivity index (χ0v) is 15.2. The molecule has 1 amide bonds. The van der Waals surface area contributed by atoms with Crippen LogP contribution < -0.4 is 14.8 Å². The Hall–Kier alpha value is -2.52. The minimum Gasteiger partial charge on any atom is -0.495 e. The smallest absolute Gasteiger partial charge is 0.244 e. The summed E-state index contributed by atoms with van der Waals surface area (Å²) in [6, 6.07) is 6.37. The molecule has 26 heavy (non-hydrogen) atoms. The van der Waals surface area contributed by atoms with E-state index in [-0.39, 0.29) is 10.6 Å². The number of hydrogen-bond acceptors (Lipinski definition) is 4. The first kappa shape index (κ1) is 19.8. The molecule has 2 N–H and O–H groups in total. The number of halogens is 2. The fraction of sp³-hybridized carbons (Fsp3) is 0.235. The minimum absolute atomic E-state index is 0.107. The Kier molecular flexibility index (Phi) is 5.94. The zero-order valence-electron chi connectivity index (χ0n) is 14.3. The zero-order chi connectivity index (χ0) is 19.5. The van der Waals surface area contributed by atoms with Crippen molar-refractivity contribution in [1.29, 1.82) is 0 Å². The maximum Gasteiger partial charge on any atom is 0.244 e. The van der Waals surface area contributed by atoms with Crippen molar-refractivity contribution in [2.45, 2.75) is 24.8 Å². The van der Waals surface area contributed by atoms with E-state index in [1.165, 1.54) is 26.2 Å². The Morgan fingerprint density at radius 1 is 1.15 bits per heavy atom. The highest BCUT2D eigenvalue weighted by Crippen LogP contribution is 2.25. The van der Waals surface area contributed by atoms with Gasteiger partial charge in [-0.25, -0.2) is 17.2 Å². The summed E-state index contributed by atoms with van der Waals surface area (Å²) in [5.74, 6) is -2.73. The number of ether oxygens (including phenoxy) is 1. The van der Waals surface area contributed by atoms with E-state index in [1.807, 2.05) is 5.32 Å². The Labute approximate surface area is 150 Å². The molecule has 0 saturated carbocycles. The number of nitrogens with one attached hydrogen (secondary N) is 2. The molecule has 0 aromatic heterocycles. The van der Waals surface area contributed by atoms with Crippen LogP contribution in [0.3, 0.4) is 0 Å². The van der Waals surface area contributed by atoms with Crippen LogP contribution in [0.1, 0.15) is 12.5 Å². The largest absolute Gasteiger partial charge is 0.495 e. The molecule has 2 aromatic rings. The van der Waals surface area contributed by atoms with Crippen molar-refractivity contribution in [3.63, 3.8) is 0 Å². The van der Waals surface area contributed by atoms with Crippen LogP contribution in [0, 0.1) is 18.6 Å². The predicted molar refractivity (Wildman–Crippen MR) is 92.5 cm³/mol. The van der Waals surface area contributed by atoms with Crippen molar-refractivity contribution in [3.05, 3.63) is 53.6 Å². The number of hydrogen-bond donors (Lipinski definition) is 2. The Bertz CT molecular complexity index is 912. The first-order valence-corrected chi connectivity index (χ1v) is 9.06. The number of benzene rings is 2. The van der Waals surface area contributed by atoms with Gasteiger partial charge in [0, 0.05) is 0 Å². The van der Waals surface area contributed by atoms with E-state index in [0.29, 0.717) is 5.56 Å². The standard InChI is InChI=1S/C17H18F2N2O4S/c1-10-7-8-14(25-3)15(9-10)26(23,24)21-11(2)17(22)20-16-12(18)5-4-6-13(16)19/h4-9,11,21H,1-3H3,(H,20,22)/t11-/m1/s1. The number of amides is 1. The number of para-hydroxylation sites is 1. The Morgan fingerprint density at radius 2 is 1.77 bits per heavy atom. The quantitative estimate of drug-likeness (QED) is 0.802. The summed E-state index contributed by atoms with van der Waals surface area (Å²) in [5.41, 5.74) is 0.0355. The van der Waals surface area contributed by atoms with Gasteiger partial charge in [-0.3, -0.25) is 4.79 Å². The average molecular weight is 384 g/mol. The number of sulfonamides is 1. The van der Waals surface area contributed by atoms with Crippen LogP contribution in [0.2, 0.25) is 0 Å². The van der Waals surface area contributed by atoms with Crippen molar-refractivity contribution < 1.29 is 26.7 Å². The molecule has 2 aromatic carbocycles. The Morgan fingerprint density at radius 3 is 2.35 bits per heavy atom. The van der Waals surface area contributed by atoms with E-state index >= 15 is 0 Å². The number of aryl methyl sites for hydroxylation is 1. The van der Waals surface area contributed by atoms with Crippen molar-refractivity contribution in [1.82, 2.24) is 4.72 Å². The molecule has 0 saturated heterocycles. The van der Waals surface area contributed by atoms with Gasteiger partial charge in [0.1, 0.15) is 28.0 Å². The molecule has 0 aliphatic carbocycles. The van der Waals surface area contributed by atoms with Gasteiger partial charge in [0.15, 0.2) is 0 Å². The third-order valence-electron chi connectivity index (χ3n) is 3.54. The second-order valence-corrected chi connectivity index (χ2v) is 7.27. The van der Waals surface area contributed by atoms with Gasteiger partial charge < -0.3 is 10.1 Å². The summed E-state index contributed by atoms with van der Waals surface area (Å²) < 4.78 is 59.5. The van der Waals surface area contributed by atoms with Crippen LogP contribution in [0.25, 0.3) is 0 Å². The van der Waals surface area contributed by atoms with Crippen molar-refractivity contribution in [2.24, 2.45) is 0 Å². The van der Waals surface area contributed by atoms with Crippen molar-refractivity contribution in [2.75, 3.05) is 12.4 Å². The molecule has 9 heteroatoms. The topological polar surface area (TPSA) is 84.5 Å². The minimum atomic E-state index is -4.11. The molecule has 6 nitrogen and oxygen atoms in total. The monoisotopic (exact) mass is 384 g/mol. The summed E-state index contributed by atoms with van der Waals surface area (Å²) >= 11 is 0. The van der Waals surface area contributed by atoms with Crippen LogP contribution >= 0.6 is 0 Å². The number of rotatable bonds is 6. The third-order valence-corrected chi connectivity index (χ3v) is 5.11. The van der Waals surface area contributed by atoms with Crippen molar-refractivity contribution >= 4 is 21.6 Å². The molecule has 0 spiro atoms. The van der Waals surface area contributed by atoms with Crippen LogP contribution in [-0.4, -0.2) is 27.5 Å². The second-order valence-electron chi connectivity index (χ2n) is 5.58. The molecular weight excluding hydrogens is 366 g/mol. The molecule has 0 aliphatic rings. The van der Waals surface area contributed by atoms with E-state index in [0.717, 1.165) is 18.2 Å². The SMILES string of the molecule is COc1ccc(C)cc1S(=O)(=O)N[C@H](C)C(=O)Nc1c(F)cccc1F. The predicted octanol–water partition coefficient (Wildman–Crippen LogP) is 2.59. The normalized spacial score (nSPS) is 12.5. The molecule has 0 heterocycles. The second kappa shape index (κ2) is 7.79. The molecule has 0 unspecified atom stereocenters. The first-order valence-electron chi connectivity index (χ1n) is 7.57. The van der Waals surface area contributed by atoms with Crippen LogP contribution in [0.4, 0.5) is 14.5 Å². The molecule has 0 radical (unpaired) electrons. The van der Waals surface area contributed by atoms with E-state index in [2.05, 4.69) is 4.72 Å². The van der Waals surface area contributed by atoms with E-state index in [4.69, 9.17) is 4.74 Å². The highest BCUT2D eigenvalue weighted by Gasteiger charge is 2.26. The van der Waals surface area contributed by atoms with Gasteiger partial charge in [-0.2, -0.15) is 4.72 Å². The lowest BCUT2D eigenvalue weighted by Crippen LogP contribution is -2.41. The number of carbonyl (C=O) groups excluding carboxylic acids is 1. The van der Waals surface area contributed by atoms with E-state index < -0.39 is 39.3 Å². The fourth-order valence-electron chi connectivity index (χ4n) is 2.19. The summed E-state index contributed by atoms with van der Waals surface area (Å²) in [7, 11) is -2.79. The molecule has 0 fully saturated rings. The van der Waals surface area contributed by atoms with Gasteiger partial charge in [0.25, 0.3) is 0 Å². The summed E-state index contributed by atoms with van der Waals surface area (Å²) in [6.45, 7) is 2.96. The van der Waals surface area contributed by atoms with Gasteiger partial charge in [0.05, 0.1) is 13.2 Å². The number of anilines is 1. The molecule has 140 valence electrons. The molecule has 0 aliphatic heterocycles. The lowest BCUT2D eigenvalue weighted by atomic mass is 10.2. The van der Waals surface area contributed by atoms with Gasteiger partial charge in [0.2, 0.25) is 15.9 Å². The van der Waals surface area contributed by atoms with E-state index in [1.54, 1.807) is 13.0 Å². The number of carbonyl (C=O) groups is 1. The highest BCUT2D eigenvalue weighted by atomic mass is 32.2. The van der Waals surface area contributed by atoms with Crippen LogP contribution in [-0.2, 0) is 14.8 Å². The molecule has 0 bridgehead atoms. The Balaban J connectivity index is 2.22. The van der Waals surface area contributed by atoms with Gasteiger partial charge in [-0.1, -0.05) is 12.1 Å². The maximum atomic E-state index is 13.6. The van der Waals surface area contributed by atoms with Gasteiger partial charge in [-0.15, -0.1) is 0 Å². The lowest BCUT2D eigenvalue weighted by molar-refractivity contribution is -0.117. The molecule has 2 rings (SSSR count). The first-order chi connectivity index (χ1) is 12.2. The summed E-state index contributed by atoms with van der Waals surface area (Å²) in [5, 5.41) is 2.05. The summed E-state index contributed by atoms with van der Waals surface area (Å²) in [4.78, 5) is 12.0. The maximum absolute atomic E-state index is 13.6. The van der Waals surface area contributed by atoms with Crippen LogP contribution in [0.5, 0.6) is 5.75 Å². The van der Waals surface area contributed by atoms with E-state index in [9.17, 15) is 22.0 Å². The van der Waals surface area contributed by atoms with Gasteiger partial charge in [-0.05, 0) is 43.7 Å². The molecule has 1 atom stereocenters. The molecular formula is C17H18F2N2O4S. The lowest BCUT2D eigenvalue weighted by Gasteiger charge is -2.16. The number of methoxy groups -OCH3 is 1. The fourth-order valence-corrected chi connectivity index (χ4v) is 3.65.